The highest BCUT2D eigenvalue weighted by Crippen LogP contribution is 2.63. The summed E-state index contributed by atoms with van der Waals surface area (Å²) in [7, 11) is 0. The summed E-state index contributed by atoms with van der Waals surface area (Å²) in [4.78, 5) is 21.7. The van der Waals surface area contributed by atoms with Gasteiger partial charge in [-0.3, -0.25) is 9.59 Å². The van der Waals surface area contributed by atoms with Crippen molar-refractivity contribution in [3.8, 4) is 0 Å². The minimum Gasteiger partial charge on any atom is -0.481 e. The van der Waals surface area contributed by atoms with Crippen LogP contribution in [0.4, 0.5) is 0 Å². The number of rotatable bonds is 2. The molecule has 0 spiro atoms. The molecule has 3 atom stereocenters. The van der Waals surface area contributed by atoms with Gasteiger partial charge in [-0.2, -0.15) is 0 Å². The summed E-state index contributed by atoms with van der Waals surface area (Å²) in [5.41, 5.74) is -0.479. The predicted molar refractivity (Wildman–Crippen MR) is 45.0 cm³/mol. The maximum absolute atomic E-state index is 10.9. The molecule has 0 aromatic rings. The average molecular weight is 183 g/mol. The van der Waals surface area contributed by atoms with E-state index in [9.17, 15) is 9.59 Å². The van der Waals surface area contributed by atoms with Crippen LogP contribution in [0.1, 0.15) is 26.2 Å². The maximum Gasteiger partial charge on any atom is 0.310 e. The van der Waals surface area contributed by atoms with Gasteiger partial charge in [0, 0.05) is 13.0 Å². The molecule has 2 N–H and O–H groups in total. The van der Waals surface area contributed by atoms with Crippen LogP contribution in [0.5, 0.6) is 0 Å². The van der Waals surface area contributed by atoms with E-state index < -0.39 is 11.4 Å². The normalized spacial score (nSPS) is 41.0. The molecule has 0 saturated heterocycles. The van der Waals surface area contributed by atoms with E-state index in [4.69, 9.17) is 5.11 Å². The fraction of sp³-hybridized carbons (Fsp3) is 0.778. The molecule has 13 heavy (non-hydrogen) atoms. The van der Waals surface area contributed by atoms with E-state index in [1.165, 1.54) is 6.92 Å². The fourth-order valence-corrected chi connectivity index (χ4v) is 2.55. The second-order valence-corrected chi connectivity index (χ2v) is 4.12. The van der Waals surface area contributed by atoms with E-state index >= 15 is 0 Å². The molecule has 0 radical (unpaired) electrons. The lowest BCUT2D eigenvalue weighted by Crippen LogP contribution is -2.33. The van der Waals surface area contributed by atoms with Crippen LogP contribution in [0, 0.1) is 11.3 Å². The number of nitrogens with one attached hydrogen (secondary N) is 1. The average Bonchev–Trinajstić information content (AvgIpc) is 2.66. The van der Waals surface area contributed by atoms with Gasteiger partial charge in [0.05, 0.1) is 5.41 Å². The van der Waals surface area contributed by atoms with Gasteiger partial charge in [-0.25, -0.2) is 0 Å². The highest BCUT2D eigenvalue weighted by atomic mass is 16.4. The van der Waals surface area contributed by atoms with Gasteiger partial charge in [0.2, 0.25) is 5.91 Å². The molecule has 2 saturated carbocycles. The molecule has 1 amide bonds. The molecular formula is C9H13NO3. The summed E-state index contributed by atoms with van der Waals surface area (Å²) < 4.78 is 0. The summed E-state index contributed by atoms with van der Waals surface area (Å²) in [5, 5.41) is 11.8. The summed E-state index contributed by atoms with van der Waals surface area (Å²) in [6, 6.07) is 0.105. The summed E-state index contributed by atoms with van der Waals surface area (Å²) in [6.07, 6.45) is 2.28. The number of amides is 1. The van der Waals surface area contributed by atoms with Crippen molar-refractivity contribution >= 4 is 11.9 Å². The Morgan fingerprint density at radius 1 is 1.54 bits per heavy atom. The Kier molecular flexibility index (Phi) is 1.62. The molecule has 0 aromatic heterocycles. The molecular weight excluding hydrogens is 170 g/mol. The molecule has 2 aliphatic rings. The molecule has 0 heterocycles. The Labute approximate surface area is 76.3 Å². The predicted octanol–water partition coefficient (Wildman–Crippen LogP) is 0.376. The monoisotopic (exact) mass is 183 g/mol. The minimum absolute atomic E-state index is 0.0573. The third-order valence-electron chi connectivity index (χ3n) is 3.34. The first-order chi connectivity index (χ1) is 6.06. The molecule has 2 fully saturated rings. The van der Waals surface area contributed by atoms with Gasteiger partial charge in [0.25, 0.3) is 0 Å². The standard InChI is InChI=1S/C9H13NO3/c1-5(11)10-7-2-3-9(8(12)13)4-6(7)9/h6-7H,2-4H2,1H3,(H,10,11)(H,12,13)/t6-,7+,9+/m0/s1. The second-order valence-electron chi connectivity index (χ2n) is 4.12. The Balaban J connectivity index is 2.01. The zero-order valence-corrected chi connectivity index (χ0v) is 7.54. The number of carbonyl (C=O) groups is 2. The highest BCUT2D eigenvalue weighted by Gasteiger charge is 2.66. The second kappa shape index (κ2) is 2.47. The van der Waals surface area contributed by atoms with Crippen LogP contribution in [0.2, 0.25) is 0 Å². The highest BCUT2D eigenvalue weighted by molar-refractivity contribution is 5.80. The lowest BCUT2D eigenvalue weighted by molar-refractivity contribution is -0.143. The van der Waals surface area contributed by atoms with Crippen LogP contribution in [-0.2, 0) is 9.59 Å². The number of fused-ring (bicyclic) bond motifs is 1. The summed E-state index contributed by atoms with van der Waals surface area (Å²) in [5.74, 6) is -0.558. The summed E-state index contributed by atoms with van der Waals surface area (Å²) in [6.45, 7) is 1.48. The lowest BCUT2D eigenvalue weighted by Gasteiger charge is -2.11. The molecule has 0 aromatic carbocycles. The van der Waals surface area contributed by atoms with Crippen LogP contribution >= 0.6 is 0 Å². The van der Waals surface area contributed by atoms with E-state index in [0.29, 0.717) is 0 Å². The molecule has 4 heteroatoms. The number of carbonyl (C=O) groups excluding carboxylic acids is 1. The Hall–Kier alpha value is -1.06. The number of aliphatic carboxylic acids is 1. The van der Waals surface area contributed by atoms with Gasteiger partial charge >= 0.3 is 5.97 Å². The first kappa shape index (κ1) is 8.53. The van der Waals surface area contributed by atoms with E-state index in [1.54, 1.807) is 0 Å². The molecule has 4 nitrogen and oxygen atoms in total. The quantitative estimate of drug-likeness (QED) is 0.650. The van der Waals surface area contributed by atoms with Gasteiger partial charge in [-0.15, -0.1) is 0 Å². The molecule has 2 aliphatic carbocycles. The van der Waals surface area contributed by atoms with Gasteiger partial charge in [-0.1, -0.05) is 0 Å². The van der Waals surface area contributed by atoms with Crippen LogP contribution in [0.3, 0.4) is 0 Å². The van der Waals surface area contributed by atoms with Crippen molar-refractivity contribution in [3.63, 3.8) is 0 Å². The molecule has 0 aliphatic heterocycles. The van der Waals surface area contributed by atoms with Gasteiger partial charge in [-0.05, 0) is 25.2 Å². The molecule has 0 unspecified atom stereocenters. The van der Waals surface area contributed by atoms with Gasteiger partial charge in [0.1, 0.15) is 0 Å². The molecule has 2 rings (SSSR count). The zero-order valence-electron chi connectivity index (χ0n) is 7.54. The first-order valence-electron chi connectivity index (χ1n) is 4.57. The number of hydrogen-bond acceptors (Lipinski definition) is 2. The lowest BCUT2D eigenvalue weighted by atomic mass is 10.1. The third-order valence-corrected chi connectivity index (χ3v) is 3.34. The SMILES string of the molecule is CC(=O)N[C@@H]1CC[C@@]2(C(=O)O)C[C@@H]12. The van der Waals surface area contributed by atoms with E-state index in [2.05, 4.69) is 5.32 Å². The van der Waals surface area contributed by atoms with E-state index in [1.807, 2.05) is 0 Å². The zero-order chi connectivity index (χ0) is 9.64. The first-order valence-corrected chi connectivity index (χ1v) is 4.57. The number of carboxylic acids is 1. The Morgan fingerprint density at radius 3 is 2.62 bits per heavy atom. The van der Waals surface area contributed by atoms with Crippen molar-refractivity contribution in [3.05, 3.63) is 0 Å². The van der Waals surface area contributed by atoms with Crippen molar-refractivity contribution in [2.45, 2.75) is 32.2 Å². The maximum atomic E-state index is 10.9. The number of carboxylic acid groups (broad SMARTS) is 1. The van der Waals surface area contributed by atoms with Crippen molar-refractivity contribution in [2.75, 3.05) is 0 Å². The van der Waals surface area contributed by atoms with E-state index in [-0.39, 0.29) is 17.9 Å². The van der Waals surface area contributed by atoms with Gasteiger partial charge in [0.15, 0.2) is 0 Å². The van der Waals surface area contributed by atoms with Crippen molar-refractivity contribution in [1.82, 2.24) is 5.32 Å². The largest absolute Gasteiger partial charge is 0.481 e. The minimum atomic E-state index is -0.689. The molecule has 72 valence electrons. The van der Waals surface area contributed by atoms with Crippen molar-refractivity contribution in [1.29, 1.82) is 0 Å². The van der Waals surface area contributed by atoms with Gasteiger partial charge < -0.3 is 10.4 Å². The van der Waals surface area contributed by atoms with Crippen LogP contribution < -0.4 is 5.32 Å². The number of hydrogen-bond donors (Lipinski definition) is 2. The Bertz CT molecular complexity index is 276. The summed E-state index contributed by atoms with van der Waals surface area (Å²) >= 11 is 0. The Morgan fingerprint density at radius 2 is 2.23 bits per heavy atom. The van der Waals surface area contributed by atoms with Crippen molar-refractivity contribution < 1.29 is 14.7 Å². The smallest absolute Gasteiger partial charge is 0.310 e. The third kappa shape index (κ3) is 1.12. The van der Waals surface area contributed by atoms with E-state index in [0.717, 1.165) is 19.3 Å². The topological polar surface area (TPSA) is 66.4 Å². The van der Waals surface area contributed by atoms with Crippen LogP contribution in [0.25, 0.3) is 0 Å². The molecule has 0 bridgehead atoms. The van der Waals surface area contributed by atoms with Crippen LogP contribution in [-0.4, -0.2) is 23.0 Å². The van der Waals surface area contributed by atoms with Crippen LogP contribution in [0.15, 0.2) is 0 Å². The fourth-order valence-electron chi connectivity index (χ4n) is 2.55. The van der Waals surface area contributed by atoms with Crippen molar-refractivity contribution in [2.24, 2.45) is 11.3 Å².